The monoisotopic (exact) mass is 141 g/mol. The molecule has 0 aliphatic heterocycles. The second-order valence-electron chi connectivity index (χ2n) is 1.69. The van der Waals surface area contributed by atoms with E-state index in [0.717, 1.165) is 0 Å². The van der Waals surface area contributed by atoms with Crippen molar-refractivity contribution >= 4 is 11.8 Å². The lowest BCUT2D eigenvalue weighted by atomic mass is 10.4. The fraction of sp³-hybridized carbons (Fsp3) is 0.200. The molecule has 0 saturated carbocycles. The number of amides is 1. The molecule has 0 atom stereocenters. The van der Waals surface area contributed by atoms with Gasteiger partial charge in [0.25, 0.3) is 5.91 Å². The van der Waals surface area contributed by atoms with Gasteiger partial charge in [-0.2, -0.15) is 0 Å². The highest BCUT2D eigenvalue weighted by molar-refractivity contribution is 5.91. The summed E-state index contributed by atoms with van der Waals surface area (Å²) in [4.78, 5) is 10.4. The summed E-state index contributed by atoms with van der Waals surface area (Å²) in [6.07, 6.45) is 0. The van der Waals surface area contributed by atoms with Crippen LogP contribution in [-0.4, -0.2) is 18.1 Å². The number of rotatable bonds is 2. The summed E-state index contributed by atoms with van der Waals surface area (Å²) >= 11 is 0. The fourth-order valence-corrected chi connectivity index (χ4v) is 0.509. The second-order valence-corrected chi connectivity index (χ2v) is 1.69. The molecule has 0 fully saturated rings. The van der Waals surface area contributed by atoms with Gasteiger partial charge in [0.05, 0.1) is 0 Å². The molecule has 0 aliphatic rings. The Labute approximate surface area is 57.2 Å². The average Bonchev–Trinajstić information content (AvgIpc) is 2.34. The molecule has 54 valence electrons. The van der Waals surface area contributed by atoms with E-state index in [1.165, 1.54) is 6.07 Å². The summed E-state index contributed by atoms with van der Waals surface area (Å²) in [7, 11) is 1.66. The van der Waals surface area contributed by atoms with E-state index in [-0.39, 0.29) is 5.69 Å². The van der Waals surface area contributed by atoms with Crippen molar-refractivity contribution < 1.29 is 9.32 Å². The molecule has 3 N–H and O–H groups in total. The van der Waals surface area contributed by atoms with Gasteiger partial charge in [0, 0.05) is 13.1 Å². The minimum absolute atomic E-state index is 0.129. The largest absolute Gasteiger partial charge is 0.364 e. The van der Waals surface area contributed by atoms with Crippen LogP contribution in [0.15, 0.2) is 10.6 Å². The summed E-state index contributed by atoms with van der Waals surface area (Å²) in [6, 6.07) is 1.43. The van der Waals surface area contributed by atoms with Gasteiger partial charge < -0.3 is 15.6 Å². The van der Waals surface area contributed by atoms with Crippen LogP contribution in [0.1, 0.15) is 10.5 Å². The Morgan fingerprint density at radius 3 is 2.90 bits per heavy atom. The van der Waals surface area contributed by atoms with Crippen molar-refractivity contribution in [3.05, 3.63) is 11.8 Å². The van der Waals surface area contributed by atoms with Gasteiger partial charge in [0.1, 0.15) is 0 Å². The molecule has 10 heavy (non-hydrogen) atoms. The van der Waals surface area contributed by atoms with Gasteiger partial charge in [0.2, 0.25) is 5.88 Å². The van der Waals surface area contributed by atoms with Gasteiger partial charge in [-0.15, -0.1) is 0 Å². The van der Waals surface area contributed by atoms with Crippen molar-refractivity contribution in [3.8, 4) is 0 Å². The smallest absolute Gasteiger partial charge is 0.270 e. The van der Waals surface area contributed by atoms with E-state index in [1.54, 1.807) is 7.05 Å². The minimum atomic E-state index is -0.592. The van der Waals surface area contributed by atoms with Crippen LogP contribution in [0.2, 0.25) is 0 Å². The number of carbonyl (C=O) groups excluding carboxylic acids is 1. The van der Waals surface area contributed by atoms with Crippen LogP contribution in [0.25, 0.3) is 0 Å². The first-order valence-corrected chi connectivity index (χ1v) is 2.68. The van der Waals surface area contributed by atoms with Crippen LogP contribution in [0.5, 0.6) is 0 Å². The SMILES string of the molecule is CNc1cc(C(N)=O)no1. The lowest BCUT2D eigenvalue weighted by molar-refractivity contribution is 0.0992. The Morgan fingerprint density at radius 2 is 2.60 bits per heavy atom. The minimum Gasteiger partial charge on any atom is -0.364 e. The predicted octanol–water partition coefficient (Wildman–Crippen LogP) is -0.185. The van der Waals surface area contributed by atoms with E-state index < -0.39 is 5.91 Å². The third-order valence-corrected chi connectivity index (χ3v) is 1.01. The van der Waals surface area contributed by atoms with E-state index >= 15 is 0 Å². The first kappa shape index (κ1) is 6.60. The quantitative estimate of drug-likeness (QED) is 0.598. The second kappa shape index (κ2) is 2.38. The number of aromatic nitrogens is 1. The Balaban J connectivity index is 2.88. The van der Waals surface area contributed by atoms with Crippen molar-refractivity contribution in [1.29, 1.82) is 0 Å². The number of hydrogen-bond acceptors (Lipinski definition) is 4. The van der Waals surface area contributed by atoms with Gasteiger partial charge in [-0.05, 0) is 0 Å². The number of nitrogens with two attached hydrogens (primary N) is 1. The van der Waals surface area contributed by atoms with Crippen LogP contribution in [0.4, 0.5) is 5.88 Å². The van der Waals surface area contributed by atoms with E-state index in [2.05, 4.69) is 15.0 Å². The maximum Gasteiger partial charge on any atom is 0.270 e. The highest BCUT2D eigenvalue weighted by Gasteiger charge is 2.06. The van der Waals surface area contributed by atoms with Gasteiger partial charge in [0.15, 0.2) is 5.69 Å². The van der Waals surface area contributed by atoms with Crippen molar-refractivity contribution in [1.82, 2.24) is 5.16 Å². The molecule has 0 spiro atoms. The molecule has 0 bridgehead atoms. The normalized spacial score (nSPS) is 9.30. The summed E-state index contributed by atoms with van der Waals surface area (Å²) < 4.78 is 4.61. The molecule has 0 aromatic carbocycles. The first-order valence-electron chi connectivity index (χ1n) is 2.68. The molecular formula is C5H7N3O2. The fourth-order valence-electron chi connectivity index (χ4n) is 0.509. The van der Waals surface area contributed by atoms with Crippen molar-refractivity contribution in [2.45, 2.75) is 0 Å². The van der Waals surface area contributed by atoms with Crippen molar-refractivity contribution in [2.75, 3.05) is 12.4 Å². The highest BCUT2D eigenvalue weighted by Crippen LogP contribution is 2.06. The molecule has 1 aromatic heterocycles. The van der Waals surface area contributed by atoms with E-state index in [0.29, 0.717) is 5.88 Å². The zero-order valence-corrected chi connectivity index (χ0v) is 5.42. The third-order valence-electron chi connectivity index (χ3n) is 1.01. The topological polar surface area (TPSA) is 81.1 Å². The Morgan fingerprint density at radius 1 is 1.90 bits per heavy atom. The number of hydrogen-bond donors (Lipinski definition) is 2. The molecule has 0 aliphatic carbocycles. The predicted molar refractivity (Wildman–Crippen MR) is 34.6 cm³/mol. The van der Waals surface area contributed by atoms with Crippen LogP contribution in [-0.2, 0) is 0 Å². The zero-order chi connectivity index (χ0) is 7.56. The Bertz CT molecular complexity index is 243. The molecule has 0 radical (unpaired) electrons. The average molecular weight is 141 g/mol. The number of nitrogens with one attached hydrogen (secondary N) is 1. The zero-order valence-electron chi connectivity index (χ0n) is 5.42. The van der Waals surface area contributed by atoms with Crippen LogP contribution >= 0.6 is 0 Å². The number of nitrogens with zero attached hydrogens (tertiary/aromatic N) is 1. The Kier molecular flexibility index (Phi) is 1.57. The van der Waals surface area contributed by atoms with Gasteiger partial charge in [-0.1, -0.05) is 5.16 Å². The molecule has 0 unspecified atom stereocenters. The van der Waals surface area contributed by atoms with Gasteiger partial charge >= 0.3 is 0 Å². The lowest BCUT2D eigenvalue weighted by Gasteiger charge is -1.83. The molecule has 1 aromatic rings. The molecule has 1 amide bonds. The van der Waals surface area contributed by atoms with Crippen LogP contribution in [0, 0.1) is 0 Å². The summed E-state index contributed by atoms with van der Waals surface area (Å²) in [5.41, 5.74) is 5.02. The highest BCUT2D eigenvalue weighted by atomic mass is 16.5. The maximum absolute atomic E-state index is 10.4. The molecule has 1 heterocycles. The molecular weight excluding hydrogens is 134 g/mol. The van der Waals surface area contributed by atoms with Crippen molar-refractivity contribution in [2.24, 2.45) is 5.73 Å². The first-order chi connectivity index (χ1) is 4.74. The summed E-state index contributed by atoms with van der Waals surface area (Å²) in [5.74, 6) is -0.168. The van der Waals surface area contributed by atoms with Crippen LogP contribution < -0.4 is 11.1 Å². The van der Waals surface area contributed by atoms with E-state index in [1.807, 2.05) is 0 Å². The standard InChI is InChI=1S/C5H7N3O2/c1-7-4-2-3(5(6)9)8-10-4/h2,7H,1H3,(H2,6,9). The van der Waals surface area contributed by atoms with E-state index in [9.17, 15) is 4.79 Å². The third kappa shape index (κ3) is 1.07. The maximum atomic E-state index is 10.4. The van der Waals surface area contributed by atoms with Gasteiger partial charge in [-0.25, -0.2) is 0 Å². The Hall–Kier alpha value is -1.52. The number of carbonyl (C=O) groups is 1. The molecule has 0 saturated heterocycles. The lowest BCUT2D eigenvalue weighted by Crippen LogP contribution is -2.10. The molecule has 5 nitrogen and oxygen atoms in total. The number of primary amides is 1. The molecule has 1 rings (SSSR count). The van der Waals surface area contributed by atoms with Crippen molar-refractivity contribution in [3.63, 3.8) is 0 Å². The van der Waals surface area contributed by atoms with Gasteiger partial charge in [-0.3, -0.25) is 4.79 Å². The van der Waals surface area contributed by atoms with E-state index in [4.69, 9.17) is 5.73 Å². The molecule has 5 heteroatoms. The summed E-state index contributed by atoms with van der Waals surface area (Å²) in [5, 5.41) is 6.04. The van der Waals surface area contributed by atoms with Crippen LogP contribution in [0.3, 0.4) is 0 Å². The summed E-state index contributed by atoms with van der Waals surface area (Å²) in [6.45, 7) is 0. The number of anilines is 1.